The average Bonchev–Trinajstić information content (AvgIpc) is 2.82. The van der Waals surface area contributed by atoms with Crippen molar-refractivity contribution in [3.05, 3.63) is 47.3 Å². The topological polar surface area (TPSA) is 90.4 Å². The second kappa shape index (κ2) is 5.34. The van der Waals surface area contributed by atoms with Crippen LogP contribution >= 0.6 is 0 Å². The number of phenolic OH excluding ortho intramolecular Hbond substituents is 1. The van der Waals surface area contributed by atoms with Crippen molar-refractivity contribution in [2.45, 2.75) is 13.8 Å². The number of rotatable bonds is 3. The van der Waals surface area contributed by atoms with Crippen LogP contribution < -0.4 is 5.43 Å². The molecule has 0 aliphatic heterocycles. The molecule has 0 aliphatic rings. The van der Waals surface area contributed by atoms with Gasteiger partial charge in [-0.1, -0.05) is 12.1 Å². The molecule has 0 unspecified atom stereocenters. The fraction of sp³-hybridized carbons (Fsp3) is 0.154. The molecule has 0 saturated carbocycles. The number of hydrogen-bond acceptors (Lipinski definition) is 4. The second-order valence-corrected chi connectivity index (χ2v) is 4.12. The standard InChI is InChI=1S/C13H14N4O2/c1-8-6-12(16-14-8)13(19)17-15-9(2)10-4-3-5-11(18)7-10/h3-7,18H,1-2H3,(H,14,16)(H,17,19)/b15-9-. The van der Waals surface area contributed by atoms with Crippen molar-refractivity contribution in [1.29, 1.82) is 0 Å². The highest BCUT2D eigenvalue weighted by molar-refractivity contribution is 6.00. The first-order chi connectivity index (χ1) is 9.06. The summed E-state index contributed by atoms with van der Waals surface area (Å²) in [4.78, 5) is 11.7. The predicted molar refractivity (Wildman–Crippen MR) is 71.1 cm³/mol. The lowest BCUT2D eigenvalue weighted by molar-refractivity contribution is 0.0950. The van der Waals surface area contributed by atoms with Crippen molar-refractivity contribution in [2.75, 3.05) is 0 Å². The zero-order valence-corrected chi connectivity index (χ0v) is 10.6. The lowest BCUT2D eigenvalue weighted by atomic mass is 10.1. The summed E-state index contributed by atoms with van der Waals surface area (Å²) < 4.78 is 0. The van der Waals surface area contributed by atoms with Crippen molar-refractivity contribution >= 4 is 11.6 Å². The van der Waals surface area contributed by atoms with E-state index in [1.807, 2.05) is 6.92 Å². The largest absolute Gasteiger partial charge is 0.508 e. The van der Waals surface area contributed by atoms with Gasteiger partial charge in [-0.05, 0) is 32.0 Å². The number of nitrogens with zero attached hydrogens (tertiary/aromatic N) is 2. The molecule has 0 atom stereocenters. The molecule has 1 amide bonds. The molecular formula is C13H14N4O2. The predicted octanol–water partition coefficient (Wildman–Crippen LogP) is 1.58. The number of nitrogens with one attached hydrogen (secondary N) is 2. The highest BCUT2D eigenvalue weighted by Gasteiger charge is 2.08. The summed E-state index contributed by atoms with van der Waals surface area (Å²) in [5.41, 5.74) is 4.83. The van der Waals surface area contributed by atoms with Crippen LogP contribution in [-0.4, -0.2) is 26.9 Å². The van der Waals surface area contributed by atoms with E-state index in [4.69, 9.17) is 0 Å². The van der Waals surface area contributed by atoms with E-state index in [1.54, 1.807) is 37.3 Å². The van der Waals surface area contributed by atoms with Crippen molar-refractivity contribution < 1.29 is 9.90 Å². The van der Waals surface area contributed by atoms with Crippen molar-refractivity contribution in [2.24, 2.45) is 5.10 Å². The number of benzene rings is 1. The minimum Gasteiger partial charge on any atom is -0.508 e. The van der Waals surface area contributed by atoms with E-state index in [1.165, 1.54) is 0 Å². The molecule has 0 bridgehead atoms. The van der Waals surface area contributed by atoms with Gasteiger partial charge < -0.3 is 5.11 Å². The number of hydrogen-bond donors (Lipinski definition) is 3. The first kappa shape index (κ1) is 12.8. The van der Waals surface area contributed by atoms with Crippen LogP contribution in [0.2, 0.25) is 0 Å². The maximum atomic E-state index is 11.7. The molecule has 0 spiro atoms. The third kappa shape index (κ3) is 3.19. The molecule has 19 heavy (non-hydrogen) atoms. The van der Waals surface area contributed by atoms with Gasteiger partial charge in [-0.3, -0.25) is 9.89 Å². The molecule has 0 fully saturated rings. The van der Waals surface area contributed by atoms with E-state index >= 15 is 0 Å². The molecule has 2 aromatic rings. The second-order valence-electron chi connectivity index (χ2n) is 4.12. The number of aromatic amines is 1. The Morgan fingerprint density at radius 3 is 2.84 bits per heavy atom. The summed E-state index contributed by atoms with van der Waals surface area (Å²) in [5, 5.41) is 19.9. The van der Waals surface area contributed by atoms with Crippen LogP contribution in [0.3, 0.4) is 0 Å². The van der Waals surface area contributed by atoms with Crippen molar-refractivity contribution in [1.82, 2.24) is 15.6 Å². The molecule has 1 aromatic carbocycles. The molecule has 98 valence electrons. The Kier molecular flexibility index (Phi) is 3.61. The van der Waals surface area contributed by atoms with Crippen LogP contribution in [0.15, 0.2) is 35.4 Å². The summed E-state index contributed by atoms with van der Waals surface area (Å²) in [6.45, 7) is 3.55. The number of phenols is 1. The lowest BCUT2D eigenvalue weighted by Crippen LogP contribution is -2.19. The number of carbonyl (C=O) groups is 1. The maximum Gasteiger partial charge on any atom is 0.291 e. The summed E-state index contributed by atoms with van der Waals surface area (Å²) in [7, 11) is 0. The number of aryl methyl sites for hydroxylation is 1. The molecule has 0 aliphatic carbocycles. The fourth-order valence-corrected chi connectivity index (χ4v) is 1.52. The zero-order valence-electron chi connectivity index (χ0n) is 10.6. The van der Waals surface area contributed by atoms with Gasteiger partial charge in [0.15, 0.2) is 5.69 Å². The Hall–Kier alpha value is -2.63. The smallest absolute Gasteiger partial charge is 0.291 e. The van der Waals surface area contributed by atoms with Crippen molar-refractivity contribution in [3.8, 4) is 5.75 Å². The molecular weight excluding hydrogens is 244 g/mol. The first-order valence-corrected chi connectivity index (χ1v) is 5.72. The summed E-state index contributed by atoms with van der Waals surface area (Å²) >= 11 is 0. The van der Waals surface area contributed by atoms with Gasteiger partial charge in [-0.2, -0.15) is 10.2 Å². The van der Waals surface area contributed by atoms with Gasteiger partial charge in [0.25, 0.3) is 5.91 Å². The van der Waals surface area contributed by atoms with Gasteiger partial charge in [-0.25, -0.2) is 5.43 Å². The third-order valence-corrected chi connectivity index (χ3v) is 2.53. The average molecular weight is 258 g/mol. The normalized spacial score (nSPS) is 11.4. The number of H-pyrrole nitrogens is 1. The van der Waals surface area contributed by atoms with Crippen molar-refractivity contribution in [3.63, 3.8) is 0 Å². The molecule has 2 rings (SSSR count). The first-order valence-electron chi connectivity index (χ1n) is 5.72. The van der Waals surface area contributed by atoms with Crippen LogP contribution in [0.25, 0.3) is 0 Å². The van der Waals surface area contributed by atoms with E-state index < -0.39 is 0 Å². The van der Waals surface area contributed by atoms with Gasteiger partial charge in [0.2, 0.25) is 0 Å². The SMILES string of the molecule is C/C(=N/NC(=O)c1cc(C)[nH]n1)c1cccc(O)c1. The highest BCUT2D eigenvalue weighted by Crippen LogP contribution is 2.11. The van der Waals surface area contributed by atoms with E-state index in [2.05, 4.69) is 20.7 Å². The van der Waals surface area contributed by atoms with E-state index in [-0.39, 0.29) is 17.4 Å². The highest BCUT2D eigenvalue weighted by atomic mass is 16.3. The summed E-state index contributed by atoms with van der Waals surface area (Å²) in [5.74, 6) is -0.231. The number of hydrazone groups is 1. The Bertz CT molecular complexity index is 631. The lowest BCUT2D eigenvalue weighted by Gasteiger charge is -2.02. The quantitative estimate of drug-likeness (QED) is 0.576. The van der Waals surface area contributed by atoms with Gasteiger partial charge in [0.1, 0.15) is 5.75 Å². The molecule has 6 nitrogen and oxygen atoms in total. The number of aromatic nitrogens is 2. The summed E-state index contributed by atoms with van der Waals surface area (Å²) in [6, 6.07) is 8.28. The van der Waals surface area contributed by atoms with Gasteiger partial charge in [-0.15, -0.1) is 0 Å². The Labute approximate surface area is 110 Å². The van der Waals surface area contributed by atoms with Crippen LogP contribution in [0, 0.1) is 6.92 Å². The molecule has 0 saturated heterocycles. The summed E-state index contributed by atoms with van der Waals surface area (Å²) in [6.07, 6.45) is 0. The van der Waals surface area contributed by atoms with Gasteiger partial charge in [0.05, 0.1) is 5.71 Å². The van der Waals surface area contributed by atoms with Crippen LogP contribution in [0.1, 0.15) is 28.7 Å². The molecule has 1 aromatic heterocycles. The minimum absolute atomic E-state index is 0.154. The van der Waals surface area contributed by atoms with Crippen LogP contribution in [-0.2, 0) is 0 Å². The minimum atomic E-state index is -0.385. The Morgan fingerprint density at radius 2 is 2.21 bits per heavy atom. The Morgan fingerprint density at radius 1 is 1.42 bits per heavy atom. The fourth-order valence-electron chi connectivity index (χ4n) is 1.52. The Balaban J connectivity index is 2.08. The zero-order chi connectivity index (χ0) is 13.8. The number of aromatic hydroxyl groups is 1. The van der Waals surface area contributed by atoms with Crippen LogP contribution in [0.5, 0.6) is 5.75 Å². The monoisotopic (exact) mass is 258 g/mol. The molecule has 3 N–H and O–H groups in total. The molecule has 6 heteroatoms. The van der Waals surface area contributed by atoms with E-state index in [0.29, 0.717) is 5.71 Å². The van der Waals surface area contributed by atoms with Gasteiger partial charge in [0, 0.05) is 11.3 Å². The molecule has 0 radical (unpaired) electrons. The van der Waals surface area contributed by atoms with E-state index in [9.17, 15) is 9.90 Å². The van der Waals surface area contributed by atoms with Gasteiger partial charge >= 0.3 is 0 Å². The third-order valence-electron chi connectivity index (χ3n) is 2.53. The molecule has 1 heterocycles. The number of amides is 1. The number of carbonyl (C=O) groups excluding carboxylic acids is 1. The van der Waals surface area contributed by atoms with Crippen LogP contribution in [0.4, 0.5) is 0 Å². The van der Waals surface area contributed by atoms with E-state index in [0.717, 1.165) is 11.3 Å². The maximum absolute atomic E-state index is 11.7.